The molecule has 5 aliphatic rings. The van der Waals surface area contributed by atoms with E-state index in [9.17, 15) is 18.0 Å². The minimum atomic E-state index is -2.92. The van der Waals surface area contributed by atoms with Crippen molar-refractivity contribution in [2.45, 2.75) is 56.6 Å². The summed E-state index contributed by atoms with van der Waals surface area (Å²) in [5.41, 5.74) is 5.24. The number of sulfone groups is 1. The zero-order valence-electron chi connectivity index (χ0n) is 15.0. The third kappa shape index (κ3) is 4.21. The molecule has 4 aliphatic carbocycles. The summed E-state index contributed by atoms with van der Waals surface area (Å²) in [4.78, 5) is 24.3. The van der Waals surface area contributed by atoms with Crippen LogP contribution in [0.15, 0.2) is 0 Å². The lowest BCUT2D eigenvalue weighted by molar-refractivity contribution is -0.133. The molecule has 26 heavy (non-hydrogen) atoms. The molecule has 2 N–H and O–H groups in total. The molecular weight excluding hydrogens is 372 g/mol. The largest absolute Gasteiger partial charge is 0.273 e. The fourth-order valence-electron chi connectivity index (χ4n) is 6.15. The lowest BCUT2D eigenvalue weighted by atomic mass is 9.49. The van der Waals surface area contributed by atoms with Crippen LogP contribution >= 0.6 is 11.8 Å². The Morgan fingerprint density at radius 1 is 0.962 bits per heavy atom. The Morgan fingerprint density at radius 3 is 2.08 bits per heavy atom. The Kier molecular flexibility index (Phi) is 5.01. The Bertz CT molecular complexity index is 656. The summed E-state index contributed by atoms with van der Waals surface area (Å²) in [6.07, 6.45) is 8.71. The molecule has 1 heterocycles. The SMILES string of the molecule is O=C(CS[C@@H]1CCS(=O)(=O)C1)NNC(=O)CC12CC3CC(CC(C3)C1)C2. The lowest BCUT2D eigenvalue weighted by Crippen LogP contribution is -2.50. The molecule has 146 valence electrons. The number of hydrazine groups is 1. The van der Waals surface area contributed by atoms with Crippen molar-refractivity contribution >= 4 is 33.4 Å². The highest BCUT2D eigenvalue weighted by molar-refractivity contribution is 8.02. The molecule has 0 aromatic rings. The van der Waals surface area contributed by atoms with E-state index in [1.165, 1.54) is 50.3 Å². The van der Waals surface area contributed by atoms with E-state index in [0.29, 0.717) is 12.8 Å². The summed E-state index contributed by atoms with van der Waals surface area (Å²) in [5.74, 6) is 2.62. The van der Waals surface area contributed by atoms with E-state index in [4.69, 9.17) is 0 Å². The molecule has 0 spiro atoms. The van der Waals surface area contributed by atoms with E-state index in [0.717, 1.165) is 17.8 Å². The summed E-state index contributed by atoms with van der Waals surface area (Å²) in [6, 6.07) is 0. The van der Waals surface area contributed by atoms with Crippen LogP contribution in [0.4, 0.5) is 0 Å². The molecule has 6 nitrogen and oxygen atoms in total. The average molecular weight is 401 g/mol. The van der Waals surface area contributed by atoms with Crippen molar-refractivity contribution < 1.29 is 18.0 Å². The second kappa shape index (κ2) is 7.00. The van der Waals surface area contributed by atoms with Gasteiger partial charge in [0.1, 0.15) is 0 Å². The first-order chi connectivity index (χ1) is 12.3. The first-order valence-corrected chi connectivity index (χ1v) is 12.6. The van der Waals surface area contributed by atoms with Gasteiger partial charge in [0, 0.05) is 11.7 Å². The van der Waals surface area contributed by atoms with Crippen molar-refractivity contribution in [3.63, 3.8) is 0 Å². The molecule has 2 amide bonds. The third-order valence-electron chi connectivity index (χ3n) is 6.68. The van der Waals surface area contributed by atoms with E-state index in [-0.39, 0.29) is 39.7 Å². The van der Waals surface area contributed by atoms with E-state index in [1.54, 1.807) is 0 Å². The molecule has 0 aromatic heterocycles. The van der Waals surface area contributed by atoms with Crippen LogP contribution in [0.1, 0.15) is 51.4 Å². The summed E-state index contributed by atoms with van der Waals surface area (Å²) in [6.45, 7) is 0. The minimum absolute atomic E-state index is 0.00604. The van der Waals surface area contributed by atoms with Gasteiger partial charge in [-0.25, -0.2) is 8.42 Å². The van der Waals surface area contributed by atoms with Crippen molar-refractivity contribution in [2.24, 2.45) is 23.2 Å². The predicted octanol–water partition coefficient (Wildman–Crippen LogP) is 1.66. The first-order valence-electron chi connectivity index (χ1n) is 9.71. The number of thioether (sulfide) groups is 1. The van der Waals surface area contributed by atoms with Gasteiger partial charge in [-0.2, -0.15) is 0 Å². The summed E-state index contributed by atoms with van der Waals surface area (Å²) in [7, 11) is -2.92. The van der Waals surface area contributed by atoms with Crippen LogP contribution in [-0.4, -0.2) is 42.7 Å². The molecule has 0 aromatic carbocycles. The Morgan fingerprint density at radius 2 is 1.54 bits per heavy atom. The topological polar surface area (TPSA) is 92.3 Å². The average Bonchev–Trinajstić information content (AvgIpc) is 2.88. The molecule has 0 radical (unpaired) electrons. The van der Waals surface area contributed by atoms with Gasteiger partial charge in [0.15, 0.2) is 9.84 Å². The molecule has 1 atom stereocenters. The highest BCUT2D eigenvalue weighted by Gasteiger charge is 2.51. The third-order valence-corrected chi connectivity index (χ3v) is 9.96. The highest BCUT2D eigenvalue weighted by atomic mass is 32.2. The molecule has 5 rings (SSSR count). The van der Waals surface area contributed by atoms with E-state index < -0.39 is 9.84 Å². The molecule has 1 aliphatic heterocycles. The normalized spacial score (nSPS) is 39.7. The maximum absolute atomic E-state index is 12.4. The molecule has 5 fully saturated rings. The number of hydrogen-bond donors (Lipinski definition) is 2. The van der Waals surface area contributed by atoms with Crippen LogP contribution in [0.2, 0.25) is 0 Å². The lowest BCUT2D eigenvalue weighted by Gasteiger charge is -2.56. The number of carbonyl (C=O) groups excluding carboxylic acids is 2. The zero-order valence-corrected chi connectivity index (χ0v) is 16.7. The summed E-state index contributed by atoms with van der Waals surface area (Å²) in [5, 5.41) is -0.00604. The fraction of sp³-hybridized carbons (Fsp3) is 0.889. The van der Waals surface area contributed by atoms with Crippen LogP contribution in [0.3, 0.4) is 0 Å². The van der Waals surface area contributed by atoms with E-state index >= 15 is 0 Å². The van der Waals surface area contributed by atoms with Crippen molar-refractivity contribution in [1.29, 1.82) is 0 Å². The highest BCUT2D eigenvalue weighted by Crippen LogP contribution is 2.61. The number of rotatable bonds is 5. The van der Waals surface area contributed by atoms with Gasteiger partial charge in [-0.3, -0.25) is 20.4 Å². The fourth-order valence-corrected chi connectivity index (χ4v) is 9.60. The second-order valence-corrected chi connectivity index (χ2v) is 12.5. The van der Waals surface area contributed by atoms with Crippen LogP contribution in [0.25, 0.3) is 0 Å². The van der Waals surface area contributed by atoms with Gasteiger partial charge < -0.3 is 0 Å². The Balaban J connectivity index is 1.19. The van der Waals surface area contributed by atoms with Crippen molar-refractivity contribution in [2.75, 3.05) is 17.3 Å². The van der Waals surface area contributed by atoms with Crippen LogP contribution in [0, 0.1) is 23.2 Å². The molecule has 1 saturated heterocycles. The molecule has 4 saturated carbocycles. The number of nitrogens with one attached hydrogen (secondary N) is 2. The smallest absolute Gasteiger partial charge is 0.248 e. The quantitative estimate of drug-likeness (QED) is 0.685. The van der Waals surface area contributed by atoms with Gasteiger partial charge in [0.2, 0.25) is 11.8 Å². The Labute approximate surface area is 159 Å². The molecule has 4 bridgehead atoms. The number of hydrogen-bond acceptors (Lipinski definition) is 5. The van der Waals surface area contributed by atoms with Crippen LogP contribution in [0.5, 0.6) is 0 Å². The standard InChI is InChI=1S/C18H28N2O4S2/c21-16(9-18-6-12-3-13(7-18)5-14(4-12)8-18)19-20-17(22)10-25-15-1-2-26(23,24)11-15/h12-15H,1-11H2,(H,19,21)(H,20,22)/t12?,13?,14?,15-,18?/m1/s1. The molecular formula is C18H28N2O4S2. The molecule has 0 unspecified atom stereocenters. The van der Waals surface area contributed by atoms with Gasteiger partial charge in [-0.05, 0) is 68.1 Å². The van der Waals surface area contributed by atoms with E-state index in [2.05, 4.69) is 10.9 Å². The van der Waals surface area contributed by atoms with Gasteiger partial charge in [0.25, 0.3) is 0 Å². The first kappa shape index (κ1) is 18.6. The maximum atomic E-state index is 12.4. The second-order valence-electron chi connectivity index (χ2n) is 9.03. The van der Waals surface area contributed by atoms with Crippen LogP contribution in [-0.2, 0) is 19.4 Å². The van der Waals surface area contributed by atoms with Gasteiger partial charge in [-0.1, -0.05) is 0 Å². The Hall–Kier alpha value is -0.760. The monoisotopic (exact) mass is 400 g/mol. The maximum Gasteiger partial charge on any atom is 0.248 e. The molecule has 8 heteroatoms. The minimum Gasteiger partial charge on any atom is -0.273 e. The van der Waals surface area contributed by atoms with Crippen molar-refractivity contribution in [3.05, 3.63) is 0 Å². The van der Waals surface area contributed by atoms with Gasteiger partial charge in [-0.15, -0.1) is 11.8 Å². The van der Waals surface area contributed by atoms with Gasteiger partial charge >= 0.3 is 0 Å². The van der Waals surface area contributed by atoms with E-state index in [1.807, 2.05) is 0 Å². The number of amides is 2. The zero-order chi connectivity index (χ0) is 18.4. The van der Waals surface area contributed by atoms with Crippen molar-refractivity contribution in [1.82, 2.24) is 10.9 Å². The predicted molar refractivity (Wildman–Crippen MR) is 101 cm³/mol. The number of carbonyl (C=O) groups is 2. The summed E-state index contributed by atoms with van der Waals surface area (Å²) < 4.78 is 22.9. The summed E-state index contributed by atoms with van der Waals surface area (Å²) >= 11 is 1.36. The van der Waals surface area contributed by atoms with Crippen LogP contribution < -0.4 is 10.9 Å². The van der Waals surface area contributed by atoms with Gasteiger partial charge in [0.05, 0.1) is 17.3 Å². The van der Waals surface area contributed by atoms with Crippen molar-refractivity contribution in [3.8, 4) is 0 Å².